The molecule has 2 nitrogen and oxygen atoms in total. The Hall–Kier alpha value is -0.600. The van der Waals surface area contributed by atoms with Crippen molar-refractivity contribution in [3.63, 3.8) is 0 Å². The largest absolute Gasteiger partial charge is 0.385 e. The number of ether oxygens (including phenoxy) is 1. The van der Waals surface area contributed by atoms with E-state index in [0.29, 0.717) is 0 Å². The number of methoxy groups -OCH3 is 1. The maximum atomic E-state index is 5.06. The van der Waals surface area contributed by atoms with Crippen LogP contribution in [0.3, 0.4) is 0 Å². The van der Waals surface area contributed by atoms with Crippen LogP contribution in [0.4, 0.5) is 0 Å². The molecule has 0 saturated carbocycles. The van der Waals surface area contributed by atoms with Crippen molar-refractivity contribution in [3.05, 3.63) is 24.3 Å². The van der Waals surface area contributed by atoms with Gasteiger partial charge in [0.15, 0.2) is 0 Å². The van der Waals surface area contributed by atoms with Crippen LogP contribution in [-0.4, -0.2) is 25.8 Å². The molecule has 1 rings (SSSR count). The van der Waals surface area contributed by atoms with Crippen LogP contribution in [0.1, 0.15) is 13.3 Å². The summed E-state index contributed by atoms with van der Waals surface area (Å²) in [6, 6.07) is 0. The summed E-state index contributed by atoms with van der Waals surface area (Å²) in [6.07, 6.45) is 5.15. The SMILES string of the molecule is C=C[C@]1(CCOC)NCC=C1C. The molecular weight excluding hydrogens is 150 g/mol. The van der Waals surface area contributed by atoms with Gasteiger partial charge in [-0.25, -0.2) is 0 Å². The lowest BCUT2D eigenvalue weighted by Gasteiger charge is -2.27. The molecule has 0 bridgehead atoms. The van der Waals surface area contributed by atoms with E-state index in [1.165, 1.54) is 5.57 Å². The van der Waals surface area contributed by atoms with Gasteiger partial charge in [0.05, 0.1) is 5.54 Å². The highest BCUT2D eigenvalue weighted by Gasteiger charge is 2.30. The van der Waals surface area contributed by atoms with Gasteiger partial charge >= 0.3 is 0 Å². The average molecular weight is 167 g/mol. The molecule has 68 valence electrons. The molecule has 0 fully saturated rings. The molecule has 0 aromatic heterocycles. The van der Waals surface area contributed by atoms with E-state index in [1.54, 1.807) is 7.11 Å². The molecule has 0 aromatic rings. The molecule has 0 amide bonds. The third-order valence-corrected chi connectivity index (χ3v) is 2.58. The van der Waals surface area contributed by atoms with Crippen LogP contribution in [0.25, 0.3) is 0 Å². The van der Waals surface area contributed by atoms with Crippen molar-refractivity contribution in [2.45, 2.75) is 18.9 Å². The second-order valence-electron chi connectivity index (χ2n) is 3.19. The summed E-state index contributed by atoms with van der Waals surface area (Å²) in [6.45, 7) is 7.71. The van der Waals surface area contributed by atoms with Crippen molar-refractivity contribution in [1.82, 2.24) is 5.32 Å². The lowest BCUT2D eigenvalue weighted by Crippen LogP contribution is -2.41. The fraction of sp³-hybridized carbons (Fsp3) is 0.600. The fourth-order valence-electron chi connectivity index (χ4n) is 1.59. The highest BCUT2D eigenvalue weighted by Crippen LogP contribution is 2.25. The molecule has 0 radical (unpaired) electrons. The average Bonchev–Trinajstić information content (AvgIpc) is 2.45. The maximum absolute atomic E-state index is 5.06. The molecule has 1 atom stereocenters. The Labute approximate surface area is 74.3 Å². The van der Waals surface area contributed by atoms with E-state index in [1.807, 2.05) is 6.08 Å². The van der Waals surface area contributed by atoms with Crippen molar-refractivity contribution >= 4 is 0 Å². The van der Waals surface area contributed by atoms with Crippen molar-refractivity contribution in [2.75, 3.05) is 20.3 Å². The van der Waals surface area contributed by atoms with Gasteiger partial charge in [-0.05, 0) is 13.3 Å². The van der Waals surface area contributed by atoms with E-state index < -0.39 is 0 Å². The van der Waals surface area contributed by atoms with Crippen LogP contribution in [0.2, 0.25) is 0 Å². The minimum Gasteiger partial charge on any atom is -0.385 e. The van der Waals surface area contributed by atoms with Crippen molar-refractivity contribution in [3.8, 4) is 0 Å². The second kappa shape index (κ2) is 3.87. The number of rotatable bonds is 4. The van der Waals surface area contributed by atoms with Gasteiger partial charge in [0.1, 0.15) is 0 Å². The first kappa shape index (κ1) is 9.49. The van der Waals surface area contributed by atoms with Gasteiger partial charge in [0.2, 0.25) is 0 Å². The first-order valence-corrected chi connectivity index (χ1v) is 4.30. The topological polar surface area (TPSA) is 21.3 Å². The van der Waals surface area contributed by atoms with Gasteiger partial charge < -0.3 is 10.1 Å². The number of hydrogen-bond donors (Lipinski definition) is 1. The zero-order chi connectivity index (χ0) is 9.03. The second-order valence-corrected chi connectivity index (χ2v) is 3.19. The number of nitrogens with one attached hydrogen (secondary N) is 1. The molecule has 0 saturated heterocycles. The van der Waals surface area contributed by atoms with Crippen LogP contribution in [-0.2, 0) is 4.74 Å². The summed E-state index contributed by atoms with van der Waals surface area (Å²) >= 11 is 0. The third kappa shape index (κ3) is 1.59. The molecule has 1 aliphatic heterocycles. The van der Waals surface area contributed by atoms with E-state index in [0.717, 1.165) is 19.6 Å². The maximum Gasteiger partial charge on any atom is 0.0599 e. The van der Waals surface area contributed by atoms with Crippen LogP contribution < -0.4 is 5.32 Å². The highest BCUT2D eigenvalue weighted by molar-refractivity contribution is 5.30. The highest BCUT2D eigenvalue weighted by atomic mass is 16.5. The zero-order valence-electron chi connectivity index (χ0n) is 7.89. The van der Waals surface area contributed by atoms with E-state index in [4.69, 9.17) is 4.74 Å². The van der Waals surface area contributed by atoms with E-state index in [2.05, 4.69) is 24.9 Å². The van der Waals surface area contributed by atoms with Gasteiger partial charge in [-0.1, -0.05) is 17.7 Å². The standard InChI is InChI=1S/C10H17NO/c1-4-10(6-8-12-3)9(2)5-7-11-10/h4-5,11H,1,6-8H2,2-3H3/t10-/m1/s1. The van der Waals surface area contributed by atoms with Gasteiger partial charge in [-0.15, -0.1) is 6.58 Å². The molecule has 0 aromatic carbocycles. The van der Waals surface area contributed by atoms with Gasteiger partial charge in [-0.2, -0.15) is 0 Å². The first-order chi connectivity index (χ1) is 5.75. The van der Waals surface area contributed by atoms with Gasteiger partial charge in [0.25, 0.3) is 0 Å². The molecule has 12 heavy (non-hydrogen) atoms. The monoisotopic (exact) mass is 167 g/mol. The Morgan fingerprint density at radius 2 is 2.58 bits per heavy atom. The van der Waals surface area contributed by atoms with E-state index in [9.17, 15) is 0 Å². The summed E-state index contributed by atoms with van der Waals surface area (Å²) in [7, 11) is 1.73. The predicted molar refractivity (Wildman–Crippen MR) is 51.2 cm³/mol. The minimum absolute atomic E-state index is 0.00396. The van der Waals surface area contributed by atoms with Crippen molar-refractivity contribution in [2.24, 2.45) is 0 Å². The zero-order valence-corrected chi connectivity index (χ0v) is 7.89. The summed E-state index contributed by atoms with van der Waals surface area (Å²) in [5, 5.41) is 3.41. The summed E-state index contributed by atoms with van der Waals surface area (Å²) in [4.78, 5) is 0. The predicted octanol–water partition coefficient (Wildman–Crippen LogP) is 1.50. The van der Waals surface area contributed by atoms with Crippen LogP contribution in [0.5, 0.6) is 0 Å². The molecule has 0 aliphatic carbocycles. The van der Waals surface area contributed by atoms with Crippen LogP contribution in [0, 0.1) is 0 Å². The van der Waals surface area contributed by atoms with Crippen LogP contribution >= 0.6 is 0 Å². The molecule has 0 unspecified atom stereocenters. The molecule has 0 spiro atoms. The Morgan fingerprint density at radius 1 is 1.83 bits per heavy atom. The first-order valence-electron chi connectivity index (χ1n) is 4.30. The summed E-state index contributed by atoms with van der Waals surface area (Å²) < 4.78 is 5.06. The summed E-state index contributed by atoms with van der Waals surface area (Å²) in [5.74, 6) is 0. The van der Waals surface area contributed by atoms with Gasteiger partial charge in [0, 0.05) is 20.3 Å². The molecular formula is C10H17NO. The van der Waals surface area contributed by atoms with E-state index >= 15 is 0 Å². The van der Waals surface area contributed by atoms with E-state index in [-0.39, 0.29) is 5.54 Å². The molecule has 1 heterocycles. The summed E-state index contributed by atoms with van der Waals surface area (Å²) in [5.41, 5.74) is 1.35. The molecule has 1 N–H and O–H groups in total. The fourth-order valence-corrected chi connectivity index (χ4v) is 1.59. The molecule has 1 aliphatic rings. The normalized spacial score (nSPS) is 28.7. The number of hydrogen-bond acceptors (Lipinski definition) is 2. The Kier molecular flexibility index (Phi) is 3.06. The van der Waals surface area contributed by atoms with Gasteiger partial charge in [-0.3, -0.25) is 0 Å². The minimum atomic E-state index is -0.00396. The lowest BCUT2D eigenvalue weighted by atomic mass is 9.90. The van der Waals surface area contributed by atoms with Crippen LogP contribution in [0.15, 0.2) is 24.3 Å². The third-order valence-electron chi connectivity index (χ3n) is 2.58. The Bertz CT molecular complexity index is 198. The van der Waals surface area contributed by atoms with Crippen molar-refractivity contribution < 1.29 is 4.74 Å². The lowest BCUT2D eigenvalue weighted by molar-refractivity contribution is 0.178. The quantitative estimate of drug-likeness (QED) is 0.641. The van der Waals surface area contributed by atoms with Crippen molar-refractivity contribution in [1.29, 1.82) is 0 Å². The smallest absolute Gasteiger partial charge is 0.0599 e. The molecule has 2 heteroatoms. The Balaban J connectivity index is 2.63. The Morgan fingerprint density at radius 3 is 3.00 bits per heavy atom.